The zero-order chi connectivity index (χ0) is 15.8. The molecule has 0 N–H and O–H groups in total. The van der Waals surface area contributed by atoms with Crippen LogP contribution in [0.2, 0.25) is 0 Å². The average Bonchev–Trinajstić information content (AvgIpc) is 3.16. The van der Waals surface area contributed by atoms with Crippen molar-refractivity contribution in [3.05, 3.63) is 84.9 Å². The summed E-state index contributed by atoms with van der Waals surface area (Å²) < 4.78 is 1.51. The fraction of sp³-hybridized carbons (Fsp3) is 0.0952. The van der Waals surface area contributed by atoms with Gasteiger partial charge in [0.05, 0.1) is 0 Å². The molecule has 4 aromatic rings. The van der Waals surface area contributed by atoms with E-state index >= 15 is 0 Å². The van der Waals surface area contributed by atoms with Crippen molar-refractivity contribution in [3.8, 4) is 0 Å². The Bertz CT molecular complexity index is 708. The topological polar surface area (TPSA) is 0 Å². The molecule has 0 aliphatic carbocycles. The molecule has 0 aromatic heterocycles. The Morgan fingerprint density at radius 1 is 0.696 bits per heavy atom. The maximum absolute atomic E-state index is 2.12. The van der Waals surface area contributed by atoms with Crippen LogP contribution in [0.1, 0.15) is 13.8 Å². The first-order valence-corrected chi connectivity index (χ1v) is 8.62. The standard InChI is InChI=1S/2C9H7.C3H6.ClH.Zr/c2*1-2-5-9-7-3-6-8(9)4-1;1-3-2;;/h2*1-7H;1-2H3;1H;/q2*-1;;;+2. The second-order valence-electron chi connectivity index (χ2n) is 5.31. The minimum atomic E-state index is 0. The number of hydrogen-bond acceptors (Lipinski definition) is 0. The van der Waals surface area contributed by atoms with Gasteiger partial charge in [-0.1, -0.05) is 12.1 Å². The second kappa shape index (κ2) is 10.5. The molecular formula is C21H21ClZr. The van der Waals surface area contributed by atoms with Crippen LogP contribution >= 0.6 is 12.4 Å². The Morgan fingerprint density at radius 3 is 1.39 bits per heavy atom. The zero-order valence-corrected chi connectivity index (χ0v) is 16.8. The fourth-order valence-electron chi connectivity index (χ4n) is 2.14. The summed E-state index contributed by atoms with van der Waals surface area (Å²) in [5, 5.41) is 5.32. The number of benzene rings is 2. The summed E-state index contributed by atoms with van der Waals surface area (Å²) in [6, 6.07) is 29.3. The van der Waals surface area contributed by atoms with Crippen LogP contribution in [0.3, 0.4) is 0 Å². The molecule has 0 aliphatic heterocycles. The molecule has 116 valence electrons. The van der Waals surface area contributed by atoms with E-state index in [1.54, 1.807) is 24.2 Å². The van der Waals surface area contributed by atoms with E-state index in [2.05, 4.69) is 98.8 Å². The summed E-state index contributed by atoms with van der Waals surface area (Å²) in [5.74, 6) is 0. The molecule has 0 nitrogen and oxygen atoms in total. The van der Waals surface area contributed by atoms with Crippen LogP contribution in [0.15, 0.2) is 84.9 Å². The summed E-state index contributed by atoms with van der Waals surface area (Å²) >= 11 is 1.55. The van der Waals surface area contributed by atoms with Gasteiger partial charge in [0.25, 0.3) is 0 Å². The van der Waals surface area contributed by atoms with Crippen molar-refractivity contribution in [3.63, 3.8) is 0 Å². The average molecular weight is 400 g/mol. The first-order valence-electron chi connectivity index (χ1n) is 7.39. The van der Waals surface area contributed by atoms with Crippen molar-refractivity contribution >= 4 is 37.2 Å². The molecule has 4 aromatic carbocycles. The van der Waals surface area contributed by atoms with Crippen molar-refractivity contribution < 1.29 is 24.2 Å². The van der Waals surface area contributed by atoms with Gasteiger partial charge in [-0.3, -0.25) is 0 Å². The molecule has 0 aliphatic rings. The third-order valence-corrected chi connectivity index (χ3v) is 3.10. The van der Waals surface area contributed by atoms with Crippen molar-refractivity contribution in [2.45, 2.75) is 13.8 Å². The van der Waals surface area contributed by atoms with E-state index in [0.29, 0.717) is 0 Å². The van der Waals surface area contributed by atoms with Crippen molar-refractivity contribution in [1.29, 1.82) is 0 Å². The van der Waals surface area contributed by atoms with Crippen LogP contribution in [-0.4, -0.2) is 3.21 Å². The molecule has 0 radical (unpaired) electrons. The van der Waals surface area contributed by atoms with Gasteiger partial charge < -0.3 is 0 Å². The Balaban J connectivity index is 0.000000182. The van der Waals surface area contributed by atoms with Crippen LogP contribution in [0.5, 0.6) is 0 Å². The van der Waals surface area contributed by atoms with Gasteiger partial charge >= 0.3 is 41.3 Å². The van der Waals surface area contributed by atoms with Gasteiger partial charge in [0.1, 0.15) is 0 Å². The Labute approximate surface area is 159 Å². The second-order valence-corrected chi connectivity index (χ2v) is 7.77. The van der Waals surface area contributed by atoms with Gasteiger partial charge in [0.15, 0.2) is 0 Å². The Morgan fingerprint density at radius 2 is 1.04 bits per heavy atom. The predicted molar refractivity (Wildman–Crippen MR) is 103 cm³/mol. The van der Waals surface area contributed by atoms with Gasteiger partial charge in [-0.15, -0.1) is 71.7 Å². The van der Waals surface area contributed by atoms with Crippen molar-refractivity contribution in [2.75, 3.05) is 0 Å². The van der Waals surface area contributed by atoms with Gasteiger partial charge in [0.2, 0.25) is 0 Å². The molecule has 0 unspecified atom stereocenters. The SMILES string of the molecule is C[C](C)=[Zr+2].Cl.c1ccc2[cH-]ccc2c1.c1ccc2[cH-]ccc2c1. The largest absolute Gasteiger partial charge is 0.168 e. The molecule has 0 spiro atoms. The minimum Gasteiger partial charge on any atom is -0.168 e. The number of halogens is 1. The zero-order valence-electron chi connectivity index (χ0n) is 13.5. The van der Waals surface area contributed by atoms with E-state index < -0.39 is 0 Å². The van der Waals surface area contributed by atoms with E-state index in [-0.39, 0.29) is 12.4 Å². The van der Waals surface area contributed by atoms with Crippen LogP contribution in [0.25, 0.3) is 21.5 Å². The molecule has 4 rings (SSSR count). The summed E-state index contributed by atoms with van der Waals surface area (Å²) in [5.41, 5.74) is 0. The molecule has 0 fully saturated rings. The fourth-order valence-corrected chi connectivity index (χ4v) is 2.14. The van der Waals surface area contributed by atoms with Crippen molar-refractivity contribution in [1.82, 2.24) is 0 Å². The third kappa shape index (κ3) is 6.77. The molecule has 0 saturated carbocycles. The molecule has 0 amide bonds. The van der Waals surface area contributed by atoms with Gasteiger partial charge in [-0.2, -0.15) is 35.0 Å². The number of rotatable bonds is 0. The number of fused-ring (bicyclic) bond motifs is 2. The van der Waals surface area contributed by atoms with E-state index in [1.807, 2.05) is 0 Å². The van der Waals surface area contributed by atoms with Gasteiger partial charge in [0, 0.05) is 0 Å². The summed E-state index contributed by atoms with van der Waals surface area (Å²) in [7, 11) is 0. The van der Waals surface area contributed by atoms with E-state index in [4.69, 9.17) is 0 Å². The molecule has 2 heteroatoms. The quantitative estimate of drug-likeness (QED) is 0.305. The molecular weight excluding hydrogens is 379 g/mol. The maximum atomic E-state index is 2.12. The van der Waals surface area contributed by atoms with Crippen LogP contribution in [0.4, 0.5) is 0 Å². The summed E-state index contributed by atoms with van der Waals surface area (Å²) in [6.07, 6.45) is 0. The number of hydrogen-bond donors (Lipinski definition) is 0. The first-order chi connectivity index (χ1) is 10.7. The molecule has 0 bridgehead atoms. The van der Waals surface area contributed by atoms with Crippen molar-refractivity contribution in [2.24, 2.45) is 0 Å². The molecule has 0 atom stereocenters. The van der Waals surface area contributed by atoms with Crippen LogP contribution in [-0.2, 0) is 24.2 Å². The van der Waals surface area contributed by atoms with Gasteiger partial charge in [-0.25, -0.2) is 0 Å². The molecule has 0 heterocycles. The van der Waals surface area contributed by atoms with E-state index in [1.165, 1.54) is 24.8 Å². The first kappa shape index (κ1) is 19.7. The summed E-state index contributed by atoms with van der Waals surface area (Å²) in [6.45, 7) is 4.25. The monoisotopic (exact) mass is 398 g/mol. The maximum Gasteiger partial charge on any atom is -0.0809 e. The van der Waals surface area contributed by atoms with Crippen LogP contribution in [0, 0.1) is 0 Å². The smallest absolute Gasteiger partial charge is 0.0809 e. The van der Waals surface area contributed by atoms with E-state index in [9.17, 15) is 0 Å². The molecule has 23 heavy (non-hydrogen) atoms. The normalized spacial score (nSPS) is 9.22. The summed E-state index contributed by atoms with van der Waals surface area (Å²) in [4.78, 5) is 0. The Kier molecular flexibility index (Phi) is 8.99. The van der Waals surface area contributed by atoms with Gasteiger partial charge in [-0.05, 0) is 0 Å². The van der Waals surface area contributed by atoms with Crippen LogP contribution < -0.4 is 0 Å². The minimum absolute atomic E-state index is 0. The third-order valence-electron chi connectivity index (χ3n) is 3.10. The Hall–Kier alpha value is -1.30. The van der Waals surface area contributed by atoms with E-state index in [0.717, 1.165) is 0 Å². The predicted octanol–water partition coefficient (Wildman–Crippen LogP) is 6.28. The molecule has 0 saturated heterocycles.